The molecule has 0 saturated heterocycles. The maximum absolute atomic E-state index is 11.9. The van der Waals surface area contributed by atoms with Crippen LogP contribution >= 0.6 is 0 Å². The van der Waals surface area contributed by atoms with Gasteiger partial charge < -0.3 is 5.11 Å². The van der Waals surface area contributed by atoms with Crippen LogP contribution in [0, 0.1) is 17.3 Å². The van der Waals surface area contributed by atoms with E-state index in [1.54, 1.807) is 0 Å². The van der Waals surface area contributed by atoms with Crippen LogP contribution in [0.3, 0.4) is 0 Å². The van der Waals surface area contributed by atoms with E-state index in [0.717, 1.165) is 32.1 Å². The molecule has 1 saturated carbocycles. The Morgan fingerprint density at radius 3 is 2.29 bits per heavy atom. The van der Waals surface area contributed by atoms with Crippen LogP contribution < -0.4 is 0 Å². The number of rotatable bonds is 3. The van der Waals surface area contributed by atoms with Crippen molar-refractivity contribution in [3.05, 3.63) is 0 Å². The monoisotopic (exact) mass is 240 g/mol. The van der Waals surface area contributed by atoms with Gasteiger partial charge in [0.2, 0.25) is 0 Å². The molecule has 0 aliphatic heterocycles. The molecule has 2 heteroatoms. The molecule has 100 valence electrons. The fourth-order valence-electron chi connectivity index (χ4n) is 2.71. The van der Waals surface area contributed by atoms with E-state index < -0.39 is 5.60 Å². The molecule has 0 heterocycles. The van der Waals surface area contributed by atoms with Gasteiger partial charge in [-0.3, -0.25) is 4.79 Å². The summed E-state index contributed by atoms with van der Waals surface area (Å²) in [6, 6.07) is 0. The molecule has 1 fully saturated rings. The van der Waals surface area contributed by atoms with Crippen LogP contribution in [0.1, 0.15) is 66.7 Å². The quantitative estimate of drug-likeness (QED) is 0.819. The molecule has 0 spiro atoms. The topological polar surface area (TPSA) is 37.3 Å². The number of carbonyl (C=O) groups excluding carboxylic acids is 1. The zero-order valence-corrected chi connectivity index (χ0v) is 12.0. The van der Waals surface area contributed by atoms with Gasteiger partial charge in [-0.15, -0.1) is 0 Å². The van der Waals surface area contributed by atoms with Gasteiger partial charge in [0.1, 0.15) is 5.78 Å². The van der Waals surface area contributed by atoms with Crippen LogP contribution in [0.2, 0.25) is 0 Å². The molecule has 2 unspecified atom stereocenters. The molecule has 0 aromatic carbocycles. The predicted octanol–water partition coefficient (Wildman–Crippen LogP) is 3.57. The van der Waals surface area contributed by atoms with E-state index in [4.69, 9.17) is 0 Å². The van der Waals surface area contributed by atoms with Gasteiger partial charge in [-0.25, -0.2) is 0 Å². The van der Waals surface area contributed by atoms with E-state index in [1.165, 1.54) is 0 Å². The summed E-state index contributed by atoms with van der Waals surface area (Å²) < 4.78 is 0. The van der Waals surface area contributed by atoms with Crippen LogP contribution in [0.15, 0.2) is 0 Å². The summed E-state index contributed by atoms with van der Waals surface area (Å²) in [5.74, 6) is 1.24. The van der Waals surface area contributed by atoms with Crippen molar-refractivity contribution in [2.45, 2.75) is 72.3 Å². The third-order valence-corrected chi connectivity index (χ3v) is 4.09. The van der Waals surface area contributed by atoms with Crippen molar-refractivity contribution >= 4 is 5.78 Å². The third-order valence-electron chi connectivity index (χ3n) is 4.09. The normalized spacial score (nSPS) is 27.3. The first-order valence-electron chi connectivity index (χ1n) is 6.85. The van der Waals surface area contributed by atoms with Crippen molar-refractivity contribution < 1.29 is 9.90 Å². The minimum Gasteiger partial charge on any atom is -0.390 e. The molecule has 0 aromatic rings. The summed E-state index contributed by atoms with van der Waals surface area (Å²) in [6.45, 7) is 10.4. The smallest absolute Gasteiger partial charge is 0.135 e. The number of aliphatic hydroxyl groups is 1. The van der Waals surface area contributed by atoms with Gasteiger partial charge >= 0.3 is 0 Å². The molecule has 1 aliphatic rings. The van der Waals surface area contributed by atoms with Crippen molar-refractivity contribution in [3.8, 4) is 0 Å². The molecule has 2 nitrogen and oxygen atoms in total. The fraction of sp³-hybridized carbons (Fsp3) is 0.933. The van der Waals surface area contributed by atoms with E-state index >= 15 is 0 Å². The van der Waals surface area contributed by atoms with Gasteiger partial charge in [-0.1, -0.05) is 20.8 Å². The molecule has 0 aromatic heterocycles. The molecule has 17 heavy (non-hydrogen) atoms. The van der Waals surface area contributed by atoms with E-state index in [1.807, 2.05) is 13.8 Å². The average Bonchev–Trinajstić information content (AvgIpc) is 2.13. The first-order chi connectivity index (χ1) is 7.59. The van der Waals surface area contributed by atoms with Crippen LogP contribution in [-0.4, -0.2) is 16.5 Å². The molecule has 1 N–H and O–H groups in total. The standard InChI is InChI=1S/C15H28O2/c1-14(2,3)12-6-7-13(16)11(10-12)8-9-15(4,5)17/h11-12,17H,6-10H2,1-5H3. The van der Waals surface area contributed by atoms with Gasteiger partial charge in [0, 0.05) is 12.3 Å². The summed E-state index contributed by atoms with van der Waals surface area (Å²) >= 11 is 0. The highest BCUT2D eigenvalue weighted by atomic mass is 16.3. The number of hydrogen-bond acceptors (Lipinski definition) is 2. The predicted molar refractivity (Wildman–Crippen MR) is 70.8 cm³/mol. The summed E-state index contributed by atoms with van der Waals surface area (Å²) in [7, 11) is 0. The molecular formula is C15H28O2. The Bertz CT molecular complexity index is 268. The van der Waals surface area contributed by atoms with Gasteiger partial charge in [-0.2, -0.15) is 0 Å². The minimum absolute atomic E-state index is 0.180. The molecule has 1 aliphatic carbocycles. The van der Waals surface area contributed by atoms with Crippen LogP contribution in [-0.2, 0) is 4.79 Å². The van der Waals surface area contributed by atoms with Gasteiger partial charge in [0.25, 0.3) is 0 Å². The first kappa shape index (κ1) is 14.7. The number of ketones is 1. The lowest BCUT2D eigenvalue weighted by Gasteiger charge is -2.37. The summed E-state index contributed by atoms with van der Waals surface area (Å²) in [5.41, 5.74) is -0.345. The average molecular weight is 240 g/mol. The van der Waals surface area contributed by atoms with E-state index in [2.05, 4.69) is 20.8 Å². The lowest BCUT2D eigenvalue weighted by atomic mass is 9.67. The molecule has 0 amide bonds. The largest absolute Gasteiger partial charge is 0.390 e. The Morgan fingerprint density at radius 2 is 1.82 bits per heavy atom. The Hall–Kier alpha value is -0.370. The van der Waals surface area contributed by atoms with Gasteiger partial charge in [-0.05, 0) is 50.9 Å². The first-order valence-corrected chi connectivity index (χ1v) is 6.85. The van der Waals surface area contributed by atoms with Crippen molar-refractivity contribution in [1.82, 2.24) is 0 Å². The Balaban J connectivity index is 2.55. The number of carbonyl (C=O) groups is 1. The number of hydrogen-bond donors (Lipinski definition) is 1. The summed E-state index contributed by atoms with van der Waals surface area (Å²) in [4.78, 5) is 11.9. The molecule has 0 bridgehead atoms. The van der Waals surface area contributed by atoms with E-state index in [9.17, 15) is 9.90 Å². The summed E-state index contributed by atoms with van der Waals surface area (Å²) in [5, 5.41) is 9.75. The van der Waals surface area contributed by atoms with Crippen molar-refractivity contribution in [2.75, 3.05) is 0 Å². The van der Waals surface area contributed by atoms with Crippen LogP contribution in [0.25, 0.3) is 0 Å². The van der Waals surface area contributed by atoms with Gasteiger partial charge in [0.15, 0.2) is 0 Å². The van der Waals surface area contributed by atoms with Crippen LogP contribution in [0.5, 0.6) is 0 Å². The Kier molecular flexibility index (Phi) is 4.40. The maximum Gasteiger partial charge on any atom is 0.135 e. The van der Waals surface area contributed by atoms with Gasteiger partial charge in [0.05, 0.1) is 5.60 Å². The zero-order valence-electron chi connectivity index (χ0n) is 12.0. The molecule has 0 radical (unpaired) electrons. The minimum atomic E-state index is -0.644. The SMILES string of the molecule is CC(C)(O)CCC1CC(C(C)(C)C)CCC1=O. The second-order valence-electron chi connectivity index (χ2n) is 7.35. The fourth-order valence-corrected chi connectivity index (χ4v) is 2.71. The van der Waals surface area contributed by atoms with Crippen molar-refractivity contribution in [3.63, 3.8) is 0 Å². The zero-order chi connectivity index (χ0) is 13.3. The van der Waals surface area contributed by atoms with Crippen molar-refractivity contribution in [2.24, 2.45) is 17.3 Å². The lowest BCUT2D eigenvalue weighted by Crippen LogP contribution is -2.33. The van der Waals surface area contributed by atoms with E-state index in [-0.39, 0.29) is 5.92 Å². The lowest BCUT2D eigenvalue weighted by molar-refractivity contribution is -0.127. The number of Topliss-reactive ketones (excluding diaryl/α,β-unsaturated/α-hetero) is 1. The van der Waals surface area contributed by atoms with E-state index in [0.29, 0.717) is 17.1 Å². The third kappa shape index (κ3) is 4.79. The van der Waals surface area contributed by atoms with Crippen LogP contribution in [0.4, 0.5) is 0 Å². The summed E-state index contributed by atoms with van der Waals surface area (Å²) in [6.07, 6.45) is 4.35. The Morgan fingerprint density at radius 1 is 1.24 bits per heavy atom. The highest BCUT2D eigenvalue weighted by Crippen LogP contribution is 2.40. The van der Waals surface area contributed by atoms with Crippen molar-refractivity contribution in [1.29, 1.82) is 0 Å². The Labute approximate surface area is 106 Å². The second kappa shape index (κ2) is 5.09. The molecular weight excluding hydrogens is 212 g/mol. The molecule has 1 rings (SSSR count). The highest BCUT2D eigenvalue weighted by Gasteiger charge is 2.35. The highest BCUT2D eigenvalue weighted by molar-refractivity contribution is 5.81. The maximum atomic E-state index is 11.9. The second-order valence-corrected chi connectivity index (χ2v) is 7.35. The molecule has 2 atom stereocenters.